The Hall–Kier alpha value is -1.93. The maximum absolute atomic E-state index is 3.89. The highest BCUT2D eigenvalue weighted by molar-refractivity contribution is 7.99. The molecule has 1 nitrogen and oxygen atoms in total. The van der Waals surface area contributed by atoms with Gasteiger partial charge in [-0.3, -0.25) is 0 Å². The van der Waals surface area contributed by atoms with Crippen LogP contribution >= 0.6 is 11.8 Å². The molecule has 0 aromatic heterocycles. The maximum atomic E-state index is 3.89. The fourth-order valence-corrected chi connectivity index (χ4v) is 3.55. The molecule has 0 bridgehead atoms. The zero-order chi connectivity index (χ0) is 13.9. The van der Waals surface area contributed by atoms with E-state index in [9.17, 15) is 0 Å². The minimum absolute atomic E-state index is 0.877. The third kappa shape index (κ3) is 2.27. The lowest BCUT2D eigenvalue weighted by Gasteiger charge is -2.24. The van der Waals surface area contributed by atoms with Crippen molar-refractivity contribution in [1.82, 2.24) is 0 Å². The molecule has 1 heterocycles. The second-order valence-corrected chi connectivity index (χ2v) is 5.87. The van der Waals surface area contributed by atoms with Crippen LogP contribution in [0.4, 0.5) is 11.4 Å². The average molecular weight is 279 g/mol. The van der Waals surface area contributed by atoms with Crippen LogP contribution in [0.25, 0.3) is 0 Å². The molecule has 2 heteroatoms. The van der Waals surface area contributed by atoms with E-state index >= 15 is 0 Å². The van der Waals surface area contributed by atoms with Crippen LogP contribution in [0.1, 0.15) is 11.1 Å². The molecule has 3 rings (SSSR count). The van der Waals surface area contributed by atoms with E-state index in [1.807, 2.05) is 23.9 Å². The SMILES string of the molecule is C=CCc1ccc2c(c1CC=C)Nc1ccccc1S2. The van der Waals surface area contributed by atoms with Gasteiger partial charge in [0.25, 0.3) is 0 Å². The molecule has 20 heavy (non-hydrogen) atoms. The minimum atomic E-state index is 0.877. The molecule has 100 valence electrons. The van der Waals surface area contributed by atoms with Crippen LogP contribution in [-0.2, 0) is 12.8 Å². The van der Waals surface area contributed by atoms with E-state index in [4.69, 9.17) is 0 Å². The number of hydrogen-bond donors (Lipinski definition) is 1. The number of nitrogens with one attached hydrogen (secondary N) is 1. The van der Waals surface area contributed by atoms with Crippen molar-refractivity contribution in [2.75, 3.05) is 5.32 Å². The van der Waals surface area contributed by atoms with Crippen molar-refractivity contribution < 1.29 is 0 Å². The quantitative estimate of drug-likeness (QED) is 0.646. The molecule has 0 spiro atoms. The molecule has 0 fully saturated rings. The highest BCUT2D eigenvalue weighted by atomic mass is 32.2. The van der Waals surface area contributed by atoms with Gasteiger partial charge in [-0.25, -0.2) is 0 Å². The van der Waals surface area contributed by atoms with Crippen LogP contribution < -0.4 is 5.32 Å². The maximum Gasteiger partial charge on any atom is 0.0564 e. The smallest absolute Gasteiger partial charge is 0.0564 e. The molecule has 1 N–H and O–H groups in total. The van der Waals surface area contributed by atoms with Crippen LogP contribution in [0.5, 0.6) is 0 Å². The van der Waals surface area contributed by atoms with Gasteiger partial charge in [0.05, 0.1) is 11.4 Å². The number of hydrogen-bond acceptors (Lipinski definition) is 2. The second kappa shape index (κ2) is 5.59. The lowest BCUT2D eigenvalue weighted by molar-refractivity contribution is 1.12. The molecule has 0 amide bonds. The van der Waals surface area contributed by atoms with E-state index in [0.717, 1.165) is 12.8 Å². The van der Waals surface area contributed by atoms with E-state index in [2.05, 4.69) is 54.9 Å². The molecule has 0 saturated carbocycles. The summed E-state index contributed by atoms with van der Waals surface area (Å²) in [7, 11) is 0. The summed E-state index contributed by atoms with van der Waals surface area (Å²) >= 11 is 1.83. The standard InChI is InChI=1S/C18H17NS/c1-3-7-13-11-12-17-18(14(13)8-4-2)19-15-9-5-6-10-16(15)20-17/h3-6,9-12,19H,1-2,7-8H2. The van der Waals surface area contributed by atoms with E-state index in [-0.39, 0.29) is 0 Å². The van der Waals surface area contributed by atoms with Crippen molar-refractivity contribution in [1.29, 1.82) is 0 Å². The van der Waals surface area contributed by atoms with E-state index < -0.39 is 0 Å². The number of para-hydroxylation sites is 1. The lowest BCUT2D eigenvalue weighted by Crippen LogP contribution is -2.05. The summed E-state index contributed by atoms with van der Waals surface area (Å²) in [5, 5.41) is 3.59. The molecule has 1 aliphatic heterocycles. The summed E-state index contributed by atoms with van der Waals surface area (Å²) in [6.07, 6.45) is 5.69. The van der Waals surface area contributed by atoms with Gasteiger partial charge >= 0.3 is 0 Å². The first-order valence-electron chi connectivity index (χ1n) is 6.74. The van der Waals surface area contributed by atoms with Crippen LogP contribution in [0.2, 0.25) is 0 Å². The van der Waals surface area contributed by atoms with Crippen molar-refractivity contribution in [2.45, 2.75) is 22.6 Å². The number of anilines is 2. The van der Waals surface area contributed by atoms with E-state index in [1.165, 1.54) is 32.3 Å². The number of fused-ring (bicyclic) bond motifs is 2. The Morgan fingerprint density at radius 2 is 1.75 bits per heavy atom. The number of benzene rings is 2. The summed E-state index contributed by atoms with van der Waals surface area (Å²) in [5.74, 6) is 0. The Morgan fingerprint density at radius 1 is 0.950 bits per heavy atom. The van der Waals surface area contributed by atoms with Crippen molar-refractivity contribution in [2.24, 2.45) is 0 Å². The fraction of sp³-hybridized carbons (Fsp3) is 0.111. The van der Waals surface area contributed by atoms with Crippen LogP contribution in [-0.4, -0.2) is 0 Å². The molecular weight excluding hydrogens is 262 g/mol. The minimum Gasteiger partial charge on any atom is -0.353 e. The lowest BCUT2D eigenvalue weighted by atomic mass is 9.99. The van der Waals surface area contributed by atoms with Crippen molar-refractivity contribution in [3.8, 4) is 0 Å². The van der Waals surface area contributed by atoms with E-state index in [1.54, 1.807) is 0 Å². The topological polar surface area (TPSA) is 12.0 Å². The Balaban J connectivity index is 2.10. The third-order valence-electron chi connectivity index (χ3n) is 3.45. The van der Waals surface area contributed by atoms with Gasteiger partial charge in [0.15, 0.2) is 0 Å². The molecule has 0 unspecified atom stereocenters. The first kappa shape index (κ1) is 13.1. The first-order valence-corrected chi connectivity index (χ1v) is 7.55. The van der Waals surface area contributed by atoms with Gasteiger partial charge in [0.1, 0.15) is 0 Å². The van der Waals surface area contributed by atoms with Gasteiger partial charge in [-0.1, -0.05) is 42.1 Å². The molecular formula is C18H17NS. The molecule has 0 aliphatic carbocycles. The molecule has 2 aromatic rings. The fourth-order valence-electron chi connectivity index (χ4n) is 2.53. The van der Waals surface area contributed by atoms with Gasteiger partial charge in [-0.2, -0.15) is 0 Å². The summed E-state index contributed by atoms with van der Waals surface area (Å²) < 4.78 is 0. The summed E-state index contributed by atoms with van der Waals surface area (Å²) in [6.45, 7) is 7.74. The largest absolute Gasteiger partial charge is 0.353 e. The molecule has 0 atom stereocenters. The molecule has 1 aliphatic rings. The normalized spacial score (nSPS) is 12.0. The van der Waals surface area contributed by atoms with Gasteiger partial charge < -0.3 is 5.32 Å². The van der Waals surface area contributed by atoms with Crippen LogP contribution in [0.15, 0.2) is 71.5 Å². The van der Waals surface area contributed by atoms with Gasteiger partial charge in [0.2, 0.25) is 0 Å². The zero-order valence-electron chi connectivity index (χ0n) is 11.4. The third-order valence-corrected chi connectivity index (χ3v) is 4.59. The van der Waals surface area contributed by atoms with Crippen molar-refractivity contribution in [3.63, 3.8) is 0 Å². The zero-order valence-corrected chi connectivity index (χ0v) is 12.2. The van der Waals surface area contributed by atoms with Crippen LogP contribution in [0, 0.1) is 0 Å². The van der Waals surface area contributed by atoms with Gasteiger partial charge in [-0.05, 0) is 42.2 Å². The predicted molar refractivity (Wildman–Crippen MR) is 88.1 cm³/mol. The highest BCUT2D eigenvalue weighted by Gasteiger charge is 2.19. The van der Waals surface area contributed by atoms with Gasteiger partial charge in [-0.15, -0.1) is 13.2 Å². The number of allylic oxidation sites excluding steroid dienone is 2. The second-order valence-electron chi connectivity index (χ2n) is 4.79. The van der Waals surface area contributed by atoms with Gasteiger partial charge in [0, 0.05) is 9.79 Å². The highest BCUT2D eigenvalue weighted by Crippen LogP contribution is 2.46. The summed E-state index contributed by atoms with van der Waals surface area (Å²) in [4.78, 5) is 2.56. The van der Waals surface area contributed by atoms with Crippen molar-refractivity contribution in [3.05, 3.63) is 72.8 Å². The van der Waals surface area contributed by atoms with E-state index in [0.29, 0.717) is 0 Å². The molecule has 0 saturated heterocycles. The first-order chi connectivity index (χ1) is 9.83. The monoisotopic (exact) mass is 279 g/mol. The summed E-state index contributed by atoms with van der Waals surface area (Å²) in [6, 6.07) is 12.8. The predicted octanol–water partition coefficient (Wildman–Crippen LogP) is 5.35. The molecule has 2 aromatic carbocycles. The average Bonchev–Trinajstić information content (AvgIpc) is 2.48. The Labute approximate surface area is 124 Å². The summed E-state index contributed by atoms with van der Waals surface area (Å²) in [5.41, 5.74) is 5.07. The Kier molecular flexibility index (Phi) is 3.66. The van der Waals surface area contributed by atoms with Crippen molar-refractivity contribution >= 4 is 23.1 Å². The Morgan fingerprint density at radius 3 is 2.55 bits per heavy atom. The van der Waals surface area contributed by atoms with Crippen LogP contribution in [0.3, 0.4) is 0 Å². The molecule has 0 radical (unpaired) electrons. The Bertz CT molecular complexity index is 673. The number of rotatable bonds is 4.